The number of nitrogens with zero attached hydrogens (tertiary/aromatic N) is 1. The Hall–Kier alpha value is -0.905. The van der Waals surface area contributed by atoms with Crippen LogP contribution in [0.4, 0.5) is 4.39 Å². The molecule has 0 heterocycles. The summed E-state index contributed by atoms with van der Waals surface area (Å²) in [4.78, 5) is 2.08. The summed E-state index contributed by atoms with van der Waals surface area (Å²) in [7, 11) is 0.333. The zero-order valence-electron chi connectivity index (χ0n) is 11.4. The molecule has 3 nitrogen and oxygen atoms in total. The summed E-state index contributed by atoms with van der Waals surface area (Å²) in [5, 5.41) is 17.9. The number of halogens is 1. The first kappa shape index (κ1) is 15.2. The highest BCUT2D eigenvalue weighted by molar-refractivity contribution is 6.58. The summed E-state index contributed by atoms with van der Waals surface area (Å²) in [5.41, 5.74) is 0.741. The summed E-state index contributed by atoms with van der Waals surface area (Å²) in [6, 6.07) is 4.67. The van der Waals surface area contributed by atoms with E-state index in [0.717, 1.165) is 0 Å². The molecule has 18 heavy (non-hydrogen) atoms. The summed E-state index contributed by atoms with van der Waals surface area (Å²) in [6.07, 6.45) is 0. The second-order valence-electron chi connectivity index (χ2n) is 5.12. The zero-order valence-corrected chi connectivity index (χ0v) is 11.4. The Morgan fingerprint density at radius 3 is 2.33 bits per heavy atom. The Morgan fingerprint density at radius 2 is 1.89 bits per heavy atom. The van der Waals surface area contributed by atoms with Crippen LogP contribution in [0.2, 0.25) is 0 Å². The highest BCUT2D eigenvalue weighted by Gasteiger charge is 2.17. The Labute approximate surface area is 108 Å². The molecule has 0 fully saturated rings. The van der Waals surface area contributed by atoms with Gasteiger partial charge in [-0.2, -0.15) is 0 Å². The Kier molecular flexibility index (Phi) is 5.32. The lowest BCUT2D eigenvalue weighted by Gasteiger charge is -2.28. The summed E-state index contributed by atoms with van der Waals surface area (Å²) < 4.78 is 13.8. The Bertz CT molecular complexity index is 399. The molecule has 0 amide bonds. The van der Waals surface area contributed by atoms with Gasteiger partial charge >= 0.3 is 7.12 Å². The van der Waals surface area contributed by atoms with Crippen LogP contribution >= 0.6 is 0 Å². The van der Waals surface area contributed by atoms with E-state index in [1.54, 1.807) is 6.07 Å². The maximum atomic E-state index is 13.8. The molecule has 0 aliphatic carbocycles. The SMILES string of the molecule is CC(C)C(C)N(C)Cc1ccc(B(O)O)cc1F. The Balaban J connectivity index is 2.79. The van der Waals surface area contributed by atoms with Gasteiger partial charge in [0, 0.05) is 18.2 Å². The molecule has 0 aromatic heterocycles. The van der Waals surface area contributed by atoms with Crippen molar-refractivity contribution in [3.05, 3.63) is 29.6 Å². The second kappa shape index (κ2) is 6.32. The normalized spacial score (nSPS) is 13.2. The largest absolute Gasteiger partial charge is 0.488 e. The van der Waals surface area contributed by atoms with Crippen molar-refractivity contribution in [2.45, 2.75) is 33.4 Å². The van der Waals surface area contributed by atoms with E-state index in [2.05, 4.69) is 25.7 Å². The fourth-order valence-corrected chi connectivity index (χ4v) is 1.77. The van der Waals surface area contributed by atoms with Gasteiger partial charge in [-0.3, -0.25) is 4.90 Å². The van der Waals surface area contributed by atoms with Crippen molar-refractivity contribution in [3.63, 3.8) is 0 Å². The van der Waals surface area contributed by atoms with Crippen molar-refractivity contribution in [1.82, 2.24) is 4.90 Å². The summed E-state index contributed by atoms with van der Waals surface area (Å²) in [6.45, 7) is 6.87. The van der Waals surface area contributed by atoms with E-state index in [-0.39, 0.29) is 5.46 Å². The van der Waals surface area contributed by atoms with Crippen molar-refractivity contribution < 1.29 is 14.4 Å². The van der Waals surface area contributed by atoms with E-state index in [0.29, 0.717) is 24.1 Å². The van der Waals surface area contributed by atoms with Gasteiger partial charge in [0.05, 0.1) is 0 Å². The number of hydrogen-bond acceptors (Lipinski definition) is 3. The van der Waals surface area contributed by atoms with Crippen LogP contribution in [0.5, 0.6) is 0 Å². The van der Waals surface area contributed by atoms with E-state index in [1.165, 1.54) is 12.1 Å². The molecule has 1 aromatic carbocycles. The molecule has 0 saturated heterocycles. The minimum absolute atomic E-state index is 0.177. The maximum Gasteiger partial charge on any atom is 0.488 e. The first-order valence-electron chi connectivity index (χ1n) is 6.17. The average Bonchev–Trinajstić information content (AvgIpc) is 2.30. The third-order valence-electron chi connectivity index (χ3n) is 3.46. The maximum absolute atomic E-state index is 13.8. The molecule has 0 saturated carbocycles. The highest BCUT2D eigenvalue weighted by atomic mass is 19.1. The minimum atomic E-state index is -1.62. The van der Waals surface area contributed by atoms with Crippen molar-refractivity contribution in [3.8, 4) is 0 Å². The molecule has 1 atom stereocenters. The van der Waals surface area contributed by atoms with Gasteiger partial charge in [0.1, 0.15) is 5.82 Å². The van der Waals surface area contributed by atoms with Crippen LogP contribution in [-0.4, -0.2) is 35.2 Å². The van der Waals surface area contributed by atoms with E-state index < -0.39 is 12.9 Å². The van der Waals surface area contributed by atoms with Crippen LogP contribution in [0.25, 0.3) is 0 Å². The third-order valence-corrected chi connectivity index (χ3v) is 3.46. The first-order valence-corrected chi connectivity index (χ1v) is 6.17. The lowest BCUT2D eigenvalue weighted by molar-refractivity contribution is 0.198. The van der Waals surface area contributed by atoms with E-state index >= 15 is 0 Å². The summed E-state index contributed by atoms with van der Waals surface area (Å²) in [5.74, 6) is 0.0972. The fourth-order valence-electron chi connectivity index (χ4n) is 1.77. The second-order valence-corrected chi connectivity index (χ2v) is 5.12. The van der Waals surface area contributed by atoms with Gasteiger partial charge in [0.2, 0.25) is 0 Å². The van der Waals surface area contributed by atoms with Crippen molar-refractivity contribution >= 4 is 12.6 Å². The molecular weight excluding hydrogens is 232 g/mol. The number of hydrogen-bond donors (Lipinski definition) is 2. The van der Waals surface area contributed by atoms with Crippen LogP contribution in [0.15, 0.2) is 18.2 Å². The molecule has 1 unspecified atom stereocenters. The predicted molar refractivity (Wildman–Crippen MR) is 72.0 cm³/mol. The van der Waals surface area contributed by atoms with Crippen molar-refractivity contribution in [2.24, 2.45) is 5.92 Å². The molecule has 0 radical (unpaired) electrons. The lowest BCUT2D eigenvalue weighted by atomic mass is 9.80. The fraction of sp³-hybridized carbons (Fsp3) is 0.538. The van der Waals surface area contributed by atoms with E-state index in [1.807, 2.05) is 7.05 Å². The smallest absolute Gasteiger partial charge is 0.423 e. The lowest BCUT2D eigenvalue weighted by Crippen LogP contribution is -2.34. The standard InChI is InChI=1S/C13H21BFNO2/c1-9(2)10(3)16(4)8-11-5-6-12(14(17)18)7-13(11)15/h5-7,9-10,17-18H,8H2,1-4H3. The topological polar surface area (TPSA) is 43.7 Å². The average molecular weight is 253 g/mol. The van der Waals surface area contributed by atoms with Crippen LogP contribution in [0, 0.1) is 11.7 Å². The van der Waals surface area contributed by atoms with Crippen LogP contribution in [0.3, 0.4) is 0 Å². The van der Waals surface area contributed by atoms with Gasteiger partial charge in [0.25, 0.3) is 0 Å². The van der Waals surface area contributed by atoms with Gasteiger partial charge in [-0.05, 0) is 31.4 Å². The molecule has 0 aliphatic rings. The highest BCUT2D eigenvalue weighted by Crippen LogP contribution is 2.14. The molecule has 100 valence electrons. The monoisotopic (exact) mass is 253 g/mol. The van der Waals surface area contributed by atoms with Gasteiger partial charge in [-0.1, -0.05) is 26.0 Å². The summed E-state index contributed by atoms with van der Waals surface area (Å²) >= 11 is 0. The number of benzene rings is 1. The zero-order chi connectivity index (χ0) is 13.9. The van der Waals surface area contributed by atoms with Crippen LogP contribution < -0.4 is 5.46 Å². The van der Waals surface area contributed by atoms with Gasteiger partial charge in [-0.15, -0.1) is 0 Å². The quantitative estimate of drug-likeness (QED) is 0.769. The molecular formula is C13H21BFNO2. The van der Waals surface area contributed by atoms with Crippen LogP contribution in [-0.2, 0) is 6.54 Å². The molecule has 5 heteroatoms. The Morgan fingerprint density at radius 1 is 1.28 bits per heavy atom. The van der Waals surface area contributed by atoms with Gasteiger partial charge in [-0.25, -0.2) is 4.39 Å². The first-order chi connectivity index (χ1) is 8.32. The molecule has 0 aliphatic heterocycles. The third kappa shape index (κ3) is 3.80. The molecule has 0 bridgehead atoms. The molecule has 2 N–H and O–H groups in total. The molecule has 1 rings (SSSR count). The van der Waals surface area contributed by atoms with Gasteiger partial charge < -0.3 is 10.0 Å². The van der Waals surface area contributed by atoms with Crippen LogP contribution in [0.1, 0.15) is 26.3 Å². The van der Waals surface area contributed by atoms with Gasteiger partial charge in [0.15, 0.2) is 0 Å². The van der Waals surface area contributed by atoms with E-state index in [4.69, 9.17) is 10.0 Å². The van der Waals surface area contributed by atoms with E-state index in [9.17, 15) is 4.39 Å². The predicted octanol–water partition coefficient (Wildman–Crippen LogP) is 0.982. The molecule has 0 spiro atoms. The molecule has 1 aromatic rings. The minimum Gasteiger partial charge on any atom is -0.423 e. The van der Waals surface area contributed by atoms with Crippen molar-refractivity contribution in [1.29, 1.82) is 0 Å². The number of rotatable bonds is 5. The van der Waals surface area contributed by atoms with Crippen molar-refractivity contribution in [2.75, 3.05) is 7.05 Å².